The highest BCUT2D eigenvalue weighted by molar-refractivity contribution is 5.99. The van der Waals surface area contributed by atoms with E-state index < -0.39 is 0 Å². The molecule has 1 amide bonds. The van der Waals surface area contributed by atoms with Crippen LogP contribution in [-0.2, 0) is 0 Å². The maximum atomic E-state index is 12.5. The van der Waals surface area contributed by atoms with Crippen LogP contribution in [0.3, 0.4) is 0 Å². The summed E-state index contributed by atoms with van der Waals surface area (Å²) in [6.07, 6.45) is 1.55. The molecule has 4 heteroatoms. The minimum atomic E-state index is -0.0555. The van der Waals surface area contributed by atoms with Crippen LogP contribution in [0.15, 0.2) is 47.1 Å². The molecule has 0 radical (unpaired) electrons. The fourth-order valence-electron chi connectivity index (χ4n) is 2.04. The van der Waals surface area contributed by atoms with E-state index in [4.69, 9.17) is 4.42 Å². The van der Waals surface area contributed by atoms with Crippen molar-refractivity contribution in [2.75, 3.05) is 20.6 Å². The molecule has 4 nitrogen and oxygen atoms in total. The zero-order chi connectivity index (χ0) is 13.8. The SMILES string of the molecule is CCN(C(=O)c1ccoc1-c1ccccc1)N(C)C. The summed E-state index contributed by atoms with van der Waals surface area (Å²) in [5.41, 5.74) is 1.49. The Morgan fingerprint density at radius 2 is 1.84 bits per heavy atom. The maximum absolute atomic E-state index is 12.5. The Labute approximate surface area is 113 Å². The molecule has 0 atom stereocenters. The summed E-state index contributed by atoms with van der Waals surface area (Å²) >= 11 is 0. The van der Waals surface area contributed by atoms with Crippen LogP contribution in [-0.4, -0.2) is 36.6 Å². The summed E-state index contributed by atoms with van der Waals surface area (Å²) in [6.45, 7) is 2.56. The van der Waals surface area contributed by atoms with Gasteiger partial charge in [-0.1, -0.05) is 30.3 Å². The van der Waals surface area contributed by atoms with Crippen molar-refractivity contribution in [3.8, 4) is 11.3 Å². The standard InChI is InChI=1S/C15H18N2O2/c1-4-17(16(2)3)15(18)13-10-11-19-14(13)12-8-6-5-7-9-12/h5-11H,4H2,1-3H3. The zero-order valence-electron chi connectivity index (χ0n) is 11.5. The quantitative estimate of drug-likeness (QED) is 0.791. The van der Waals surface area contributed by atoms with E-state index in [1.54, 1.807) is 22.3 Å². The molecular weight excluding hydrogens is 240 g/mol. The van der Waals surface area contributed by atoms with Gasteiger partial charge in [0.15, 0.2) is 0 Å². The van der Waals surface area contributed by atoms with Gasteiger partial charge in [-0.2, -0.15) is 0 Å². The number of benzene rings is 1. The van der Waals surface area contributed by atoms with E-state index in [1.807, 2.05) is 51.4 Å². The van der Waals surface area contributed by atoms with E-state index in [0.29, 0.717) is 17.9 Å². The fourth-order valence-corrected chi connectivity index (χ4v) is 2.04. The molecule has 1 aromatic carbocycles. The topological polar surface area (TPSA) is 36.7 Å². The number of hydrogen-bond donors (Lipinski definition) is 0. The van der Waals surface area contributed by atoms with Crippen LogP contribution in [0.4, 0.5) is 0 Å². The molecule has 0 aliphatic rings. The van der Waals surface area contributed by atoms with Crippen LogP contribution in [0, 0.1) is 0 Å². The van der Waals surface area contributed by atoms with Gasteiger partial charge in [0.25, 0.3) is 5.91 Å². The predicted molar refractivity (Wildman–Crippen MR) is 74.5 cm³/mol. The first-order chi connectivity index (χ1) is 9.15. The van der Waals surface area contributed by atoms with Gasteiger partial charge in [0, 0.05) is 26.2 Å². The molecule has 0 N–H and O–H groups in total. The Morgan fingerprint density at radius 3 is 2.42 bits per heavy atom. The minimum Gasteiger partial charge on any atom is -0.464 e. The number of rotatable bonds is 4. The lowest BCUT2D eigenvalue weighted by atomic mass is 10.1. The van der Waals surface area contributed by atoms with Crippen molar-refractivity contribution in [2.45, 2.75) is 6.92 Å². The van der Waals surface area contributed by atoms with Gasteiger partial charge in [-0.05, 0) is 13.0 Å². The number of hydrazine groups is 1. The van der Waals surface area contributed by atoms with Gasteiger partial charge in [0.1, 0.15) is 5.76 Å². The van der Waals surface area contributed by atoms with E-state index >= 15 is 0 Å². The van der Waals surface area contributed by atoms with Crippen molar-refractivity contribution < 1.29 is 9.21 Å². The van der Waals surface area contributed by atoms with Gasteiger partial charge in [-0.3, -0.25) is 9.80 Å². The monoisotopic (exact) mass is 258 g/mol. The van der Waals surface area contributed by atoms with Gasteiger partial charge in [-0.25, -0.2) is 5.01 Å². The summed E-state index contributed by atoms with van der Waals surface area (Å²) < 4.78 is 5.48. The molecule has 100 valence electrons. The average molecular weight is 258 g/mol. The molecule has 1 heterocycles. The number of hydrogen-bond acceptors (Lipinski definition) is 3. The smallest absolute Gasteiger partial charge is 0.272 e. The number of furan rings is 1. The zero-order valence-corrected chi connectivity index (χ0v) is 11.5. The third-order valence-electron chi connectivity index (χ3n) is 2.95. The van der Waals surface area contributed by atoms with Gasteiger partial charge < -0.3 is 4.42 Å². The third-order valence-corrected chi connectivity index (χ3v) is 2.95. The van der Waals surface area contributed by atoms with Crippen LogP contribution >= 0.6 is 0 Å². The van der Waals surface area contributed by atoms with Gasteiger partial charge in [0.05, 0.1) is 11.8 Å². The van der Waals surface area contributed by atoms with Crippen LogP contribution < -0.4 is 0 Å². The van der Waals surface area contributed by atoms with Crippen LogP contribution in [0.5, 0.6) is 0 Å². The number of carbonyl (C=O) groups is 1. The minimum absolute atomic E-state index is 0.0555. The van der Waals surface area contributed by atoms with Gasteiger partial charge in [-0.15, -0.1) is 0 Å². The number of carbonyl (C=O) groups excluding carboxylic acids is 1. The molecule has 0 unspecified atom stereocenters. The Morgan fingerprint density at radius 1 is 1.16 bits per heavy atom. The fraction of sp³-hybridized carbons (Fsp3) is 0.267. The summed E-state index contributed by atoms with van der Waals surface area (Å²) in [4.78, 5) is 12.5. The summed E-state index contributed by atoms with van der Waals surface area (Å²) in [6, 6.07) is 11.4. The Balaban J connectivity index is 2.37. The lowest BCUT2D eigenvalue weighted by Gasteiger charge is -2.27. The predicted octanol–water partition coefficient (Wildman–Crippen LogP) is 2.89. The molecule has 2 aromatic rings. The van der Waals surface area contributed by atoms with Crippen molar-refractivity contribution in [3.63, 3.8) is 0 Å². The first kappa shape index (κ1) is 13.4. The highest BCUT2D eigenvalue weighted by Gasteiger charge is 2.22. The van der Waals surface area contributed by atoms with Crippen LogP contribution in [0.1, 0.15) is 17.3 Å². The van der Waals surface area contributed by atoms with Crippen LogP contribution in [0.25, 0.3) is 11.3 Å². The van der Waals surface area contributed by atoms with E-state index in [1.165, 1.54) is 0 Å². The molecule has 2 rings (SSSR count). The van der Waals surface area contributed by atoms with Gasteiger partial charge >= 0.3 is 0 Å². The van der Waals surface area contributed by atoms with Crippen LogP contribution in [0.2, 0.25) is 0 Å². The van der Waals surface area contributed by atoms with Gasteiger partial charge in [0.2, 0.25) is 0 Å². The molecule has 0 aliphatic carbocycles. The molecule has 0 bridgehead atoms. The van der Waals surface area contributed by atoms with E-state index in [-0.39, 0.29) is 5.91 Å². The molecule has 0 saturated heterocycles. The second-order valence-corrected chi connectivity index (χ2v) is 4.40. The first-order valence-corrected chi connectivity index (χ1v) is 6.27. The Bertz CT molecular complexity index is 546. The third kappa shape index (κ3) is 2.69. The molecule has 0 aliphatic heterocycles. The van der Waals surface area contributed by atoms with Crippen molar-refractivity contribution in [3.05, 3.63) is 48.2 Å². The van der Waals surface area contributed by atoms with E-state index in [9.17, 15) is 4.79 Å². The highest BCUT2D eigenvalue weighted by Crippen LogP contribution is 2.25. The molecule has 0 fully saturated rings. The van der Waals surface area contributed by atoms with Crippen molar-refractivity contribution in [1.82, 2.24) is 10.0 Å². The normalized spacial score (nSPS) is 10.7. The molecule has 1 aromatic heterocycles. The number of amides is 1. The summed E-state index contributed by atoms with van der Waals surface area (Å²) in [5, 5.41) is 3.45. The Hall–Kier alpha value is -2.07. The lowest BCUT2D eigenvalue weighted by molar-refractivity contribution is 0.0230. The largest absolute Gasteiger partial charge is 0.464 e. The highest BCUT2D eigenvalue weighted by atomic mass is 16.3. The molecular formula is C15H18N2O2. The molecule has 19 heavy (non-hydrogen) atoms. The lowest BCUT2D eigenvalue weighted by Crippen LogP contribution is -2.41. The maximum Gasteiger partial charge on any atom is 0.272 e. The van der Waals surface area contributed by atoms with Crippen molar-refractivity contribution in [1.29, 1.82) is 0 Å². The number of nitrogens with zero attached hydrogens (tertiary/aromatic N) is 2. The second-order valence-electron chi connectivity index (χ2n) is 4.40. The van der Waals surface area contributed by atoms with E-state index in [2.05, 4.69) is 0 Å². The average Bonchev–Trinajstić information content (AvgIpc) is 2.89. The molecule has 0 spiro atoms. The summed E-state index contributed by atoms with van der Waals surface area (Å²) in [7, 11) is 3.70. The Kier molecular flexibility index (Phi) is 4.02. The second kappa shape index (κ2) is 5.71. The first-order valence-electron chi connectivity index (χ1n) is 6.27. The van der Waals surface area contributed by atoms with Crippen molar-refractivity contribution in [2.24, 2.45) is 0 Å². The van der Waals surface area contributed by atoms with E-state index in [0.717, 1.165) is 5.56 Å². The van der Waals surface area contributed by atoms with Crippen molar-refractivity contribution >= 4 is 5.91 Å². The molecule has 0 saturated carbocycles. The summed E-state index contributed by atoms with van der Waals surface area (Å²) in [5.74, 6) is 0.561.